The highest BCUT2D eigenvalue weighted by Crippen LogP contribution is 2.39. The molecule has 10 nitrogen and oxygen atoms in total. The molecule has 3 aromatic rings. The van der Waals surface area contributed by atoms with Crippen molar-refractivity contribution in [3.63, 3.8) is 0 Å². The highest BCUT2D eigenvalue weighted by Gasteiger charge is 2.45. The van der Waals surface area contributed by atoms with Gasteiger partial charge in [-0.1, -0.05) is 12.1 Å². The molecule has 0 radical (unpaired) electrons. The van der Waals surface area contributed by atoms with Crippen LogP contribution in [0.25, 0.3) is 22.3 Å². The number of ether oxygens (including phenoxy) is 1. The average Bonchev–Trinajstić information content (AvgIpc) is 3.15. The van der Waals surface area contributed by atoms with Crippen LogP contribution in [0.5, 0.6) is 0 Å². The van der Waals surface area contributed by atoms with Gasteiger partial charge in [-0.3, -0.25) is 9.78 Å². The number of hydrogen-bond acceptors (Lipinski definition) is 8. The number of carbonyl (C=O) groups is 1. The van der Waals surface area contributed by atoms with Gasteiger partial charge in [-0.25, -0.2) is 9.78 Å². The lowest BCUT2D eigenvalue weighted by Gasteiger charge is -2.31. The van der Waals surface area contributed by atoms with Gasteiger partial charge >= 0.3 is 5.97 Å². The van der Waals surface area contributed by atoms with Gasteiger partial charge in [0.1, 0.15) is 12.3 Å². The maximum absolute atomic E-state index is 13.2. The SMILES string of the molecule is CC[C@@]1(O)C(=O)OCc2c1cc1n(c2=O)Cc2c-1nc1cnc(/C(N)=N/O)cc1c2C. The predicted octanol–water partition coefficient (Wildman–Crippen LogP) is 0.878. The molecule has 0 saturated heterocycles. The highest BCUT2D eigenvalue weighted by molar-refractivity contribution is 5.99. The van der Waals surface area contributed by atoms with Crippen LogP contribution in [0.1, 0.15) is 41.3 Å². The number of esters is 1. The van der Waals surface area contributed by atoms with E-state index in [-0.39, 0.29) is 35.5 Å². The summed E-state index contributed by atoms with van der Waals surface area (Å²) in [5.41, 5.74) is 7.78. The third-order valence-electron chi connectivity index (χ3n) is 6.23. The molecule has 1 atom stereocenters. The monoisotopic (exact) mass is 421 g/mol. The van der Waals surface area contributed by atoms with E-state index >= 15 is 0 Å². The molecular formula is C21H19N5O5. The Hall–Kier alpha value is -3.79. The highest BCUT2D eigenvalue weighted by atomic mass is 16.6. The smallest absolute Gasteiger partial charge is 0.343 e. The summed E-state index contributed by atoms with van der Waals surface area (Å²) in [6, 6.07) is 3.36. The van der Waals surface area contributed by atoms with E-state index in [1.165, 1.54) is 6.20 Å². The molecule has 0 fully saturated rings. The molecule has 10 heteroatoms. The van der Waals surface area contributed by atoms with E-state index < -0.39 is 11.6 Å². The number of nitrogens with zero attached hydrogens (tertiary/aromatic N) is 4. The Morgan fingerprint density at radius 1 is 1.35 bits per heavy atom. The molecule has 5 heterocycles. The van der Waals surface area contributed by atoms with Crippen molar-refractivity contribution in [1.82, 2.24) is 14.5 Å². The van der Waals surface area contributed by atoms with E-state index in [9.17, 15) is 14.7 Å². The average molecular weight is 421 g/mol. The fraction of sp³-hybridized carbons (Fsp3) is 0.286. The Balaban J connectivity index is 1.77. The quantitative estimate of drug-likeness (QED) is 0.142. The van der Waals surface area contributed by atoms with Gasteiger partial charge in [-0.2, -0.15) is 0 Å². The van der Waals surface area contributed by atoms with E-state index in [4.69, 9.17) is 20.7 Å². The molecule has 2 aliphatic rings. The zero-order chi connectivity index (χ0) is 22.1. The molecule has 0 unspecified atom stereocenters. The van der Waals surface area contributed by atoms with Crippen LogP contribution in [0.15, 0.2) is 28.3 Å². The molecule has 0 bridgehead atoms. The van der Waals surface area contributed by atoms with Crippen molar-refractivity contribution in [3.8, 4) is 11.4 Å². The Morgan fingerprint density at radius 3 is 2.84 bits per heavy atom. The van der Waals surface area contributed by atoms with E-state index in [2.05, 4.69) is 10.1 Å². The number of aliphatic hydroxyl groups is 1. The molecule has 3 aromatic heterocycles. The summed E-state index contributed by atoms with van der Waals surface area (Å²) >= 11 is 0. The summed E-state index contributed by atoms with van der Waals surface area (Å²) in [6.07, 6.45) is 1.61. The number of carbonyl (C=O) groups excluding carboxylic acids is 1. The molecule has 0 spiro atoms. The molecule has 0 aliphatic carbocycles. The maximum Gasteiger partial charge on any atom is 0.343 e. The summed E-state index contributed by atoms with van der Waals surface area (Å²) in [5.74, 6) is -0.870. The third-order valence-corrected chi connectivity index (χ3v) is 6.23. The van der Waals surface area contributed by atoms with Crippen molar-refractivity contribution in [1.29, 1.82) is 0 Å². The fourth-order valence-corrected chi connectivity index (χ4v) is 4.37. The first kappa shape index (κ1) is 19.2. The van der Waals surface area contributed by atoms with Gasteiger partial charge in [0, 0.05) is 16.5 Å². The number of oxime groups is 1. The minimum Gasteiger partial charge on any atom is -0.458 e. The van der Waals surface area contributed by atoms with Crippen LogP contribution in [0.2, 0.25) is 0 Å². The van der Waals surface area contributed by atoms with Gasteiger partial charge in [0.05, 0.1) is 35.2 Å². The van der Waals surface area contributed by atoms with Crippen LogP contribution >= 0.6 is 0 Å². The van der Waals surface area contributed by atoms with E-state index in [0.29, 0.717) is 29.1 Å². The van der Waals surface area contributed by atoms with Crippen LogP contribution in [-0.4, -0.2) is 36.7 Å². The first-order valence-corrected chi connectivity index (χ1v) is 9.74. The van der Waals surface area contributed by atoms with Crippen LogP contribution in [-0.2, 0) is 28.3 Å². The number of fused-ring (bicyclic) bond motifs is 5. The number of nitrogens with two attached hydrogens (primary N) is 1. The second-order valence-corrected chi connectivity index (χ2v) is 7.74. The number of rotatable bonds is 2. The molecule has 4 N–H and O–H groups in total. The molecule has 0 amide bonds. The third kappa shape index (κ3) is 2.45. The lowest BCUT2D eigenvalue weighted by atomic mass is 9.86. The molecular weight excluding hydrogens is 402 g/mol. The van der Waals surface area contributed by atoms with E-state index in [1.54, 1.807) is 23.6 Å². The van der Waals surface area contributed by atoms with Gasteiger partial charge in [0.15, 0.2) is 11.4 Å². The van der Waals surface area contributed by atoms with Gasteiger partial charge in [0.25, 0.3) is 5.56 Å². The number of aryl methyl sites for hydroxylation is 1. The zero-order valence-electron chi connectivity index (χ0n) is 16.8. The second kappa shape index (κ2) is 6.35. The summed E-state index contributed by atoms with van der Waals surface area (Å²) < 4.78 is 6.67. The van der Waals surface area contributed by atoms with Crippen molar-refractivity contribution < 1.29 is 19.8 Å². The summed E-state index contributed by atoms with van der Waals surface area (Å²) in [7, 11) is 0. The molecule has 2 aliphatic heterocycles. The largest absolute Gasteiger partial charge is 0.458 e. The van der Waals surface area contributed by atoms with E-state index in [1.807, 2.05) is 6.92 Å². The Morgan fingerprint density at radius 2 is 2.13 bits per heavy atom. The molecule has 0 aromatic carbocycles. The van der Waals surface area contributed by atoms with Crippen LogP contribution in [0, 0.1) is 6.92 Å². The minimum atomic E-state index is -1.87. The molecule has 5 rings (SSSR count). The molecule has 31 heavy (non-hydrogen) atoms. The van der Waals surface area contributed by atoms with Crippen molar-refractivity contribution in [2.45, 2.75) is 39.0 Å². The molecule has 0 saturated carbocycles. The number of hydrogen-bond donors (Lipinski definition) is 3. The Labute approximate surface area is 175 Å². The number of amidine groups is 1. The van der Waals surface area contributed by atoms with Crippen molar-refractivity contribution in [3.05, 3.63) is 56.6 Å². The summed E-state index contributed by atoms with van der Waals surface area (Å²) in [4.78, 5) is 34.4. The van der Waals surface area contributed by atoms with Crippen molar-refractivity contribution >= 4 is 22.7 Å². The number of pyridine rings is 3. The first-order chi connectivity index (χ1) is 14.8. The summed E-state index contributed by atoms with van der Waals surface area (Å²) in [5, 5.41) is 23.6. The predicted molar refractivity (Wildman–Crippen MR) is 110 cm³/mol. The fourth-order valence-electron chi connectivity index (χ4n) is 4.37. The lowest BCUT2D eigenvalue weighted by molar-refractivity contribution is -0.172. The normalized spacial score (nSPS) is 19.7. The zero-order valence-corrected chi connectivity index (χ0v) is 16.8. The van der Waals surface area contributed by atoms with Gasteiger partial charge in [-0.15, -0.1) is 0 Å². The van der Waals surface area contributed by atoms with Gasteiger partial charge in [-0.05, 0) is 31.0 Å². The lowest BCUT2D eigenvalue weighted by Crippen LogP contribution is -2.44. The van der Waals surface area contributed by atoms with Gasteiger partial charge in [0.2, 0.25) is 0 Å². The molecule has 158 valence electrons. The Kier molecular flexibility index (Phi) is 3.93. The Bertz CT molecular complexity index is 1390. The number of cyclic esters (lactones) is 1. The maximum atomic E-state index is 13.2. The van der Waals surface area contributed by atoms with Crippen molar-refractivity contribution in [2.24, 2.45) is 10.9 Å². The van der Waals surface area contributed by atoms with E-state index in [0.717, 1.165) is 16.5 Å². The second-order valence-electron chi connectivity index (χ2n) is 7.74. The topological polar surface area (TPSA) is 153 Å². The van der Waals surface area contributed by atoms with Crippen molar-refractivity contribution in [2.75, 3.05) is 0 Å². The first-order valence-electron chi connectivity index (χ1n) is 9.74. The van der Waals surface area contributed by atoms with Crippen LogP contribution in [0.3, 0.4) is 0 Å². The van der Waals surface area contributed by atoms with Crippen LogP contribution in [0.4, 0.5) is 0 Å². The standard InChI is InChI=1S/C21H19N5O5/c1-3-21(29)13-5-16-17-11(7-26(16)19(27)12(13)8-31-20(21)28)9(2)10-4-14(18(22)25-30)23-6-15(10)24-17/h4-6,29-30H,3,7-8H2,1-2H3,(H2,22,25)/t21-/m0/s1. The summed E-state index contributed by atoms with van der Waals surface area (Å²) in [6.45, 7) is 3.69. The van der Waals surface area contributed by atoms with Crippen LogP contribution < -0.4 is 11.3 Å². The minimum absolute atomic E-state index is 0.0826. The van der Waals surface area contributed by atoms with Gasteiger partial charge < -0.3 is 25.4 Å². The number of aromatic nitrogens is 3.